The van der Waals surface area contributed by atoms with Crippen molar-refractivity contribution in [2.75, 3.05) is 0 Å². The molecule has 0 spiro atoms. The maximum absolute atomic E-state index is 9.02. The Morgan fingerprint density at radius 2 is 1.00 bits per heavy atom. The zero-order valence-corrected chi connectivity index (χ0v) is 5.79. The Morgan fingerprint density at radius 1 is 1.00 bits per heavy atom. The van der Waals surface area contributed by atoms with Crippen LogP contribution in [-0.4, -0.2) is 34.9 Å². The summed E-state index contributed by atoms with van der Waals surface area (Å²) in [7, 11) is -4.04. The first-order chi connectivity index (χ1) is 2.00. The van der Waals surface area contributed by atoms with E-state index in [9.17, 15) is 0 Å². The summed E-state index contributed by atoms with van der Waals surface area (Å²) in [4.78, 5) is 0. The van der Waals surface area contributed by atoms with Crippen molar-refractivity contribution >= 4 is 8.64 Å². The van der Waals surface area contributed by atoms with Crippen molar-refractivity contribution in [1.29, 1.82) is 0 Å². The molecule has 9 heteroatoms. The van der Waals surface area contributed by atoms with E-state index in [1.807, 2.05) is 0 Å². The van der Waals surface area contributed by atoms with Crippen molar-refractivity contribution in [3.05, 3.63) is 0 Å². The summed E-state index contributed by atoms with van der Waals surface area (Å²) in [5, 5.41) is 0. The Labute approximate surface area is 58.5 Å². The van der Waals surface area contributed by atoms with Crippen LogP contribution in [0.15, 0.2) is 0 Å². The Morgan fingerprint density at radius 3 is 1.00 bits per heavy atom. The molecule has 0 heterocycles. The molecule has 0 unspecified atom stereocenters. The van der Waals surface area contributed by atoms with Crippen molar-refractivity contribution in [3.63, 3.8) is 0 Å². The van der Waals surface area contributed by atoms with Crippen LogP contribution in [-0.2, 0) is 23.0 Å². The van der Waals surface area contributed by atoms with Crippen LogP contribution < -0.4 is 0 Å². The average molecular weight is 212 g/mol. The zero-order valence-electron chi connectivity index (χ0n) is 3.99. The number of rotatable bonds is 0. The number of hydrogen-bond acceptors (Lipinski definition) is 2. The maximum atomic E-state index is 9.02. The van der Waals surface area contributed by atoms with Crippen LogP contribution in [0.4, 0.5) is 0 Å². The van der Waals surface area contributed by atoms with Gasteiger partial charge in [-0.15, -0.1) is 0 Å². The van der Waals surface area contributed by atoms with E-state index in [4.69, 9.17) is 13.0 Å². The van der Waals surface area contributed by atoms with Crippen LogP contribution in [0.25, 0.3) is 0 Å². The minimum atomic E-state index is -4.04. The van der Waals surface area contributed by atoms with Crippen molar-refractivity contribution in [2.24, 2.45) is 0 Å². The molecule has 0 saturated heterocycles. The summed E-state index contributed by atoms with van der Waals surface area (Å²) in [6.45, 7) is 0. The second-order valence-electron chi connectivity index (χ2n) is 0.380. The van der Waals surface area contributed by atoms with Gasteiger partial charge in [-0.2, -0.15) is 0 Å². The van der Waals surface area contributed by atoms with E-state index >= 15 is 0 Å². The molecule has 0 aromatic heterocycles. The van der Waals surface area contributed by atoms with Gasteiger partial charge in [0.2, 0.25) is 0 Å². The molecule has 0 aliphatic rings. The molecule has 9 heavy (non-hydrogen) atoms. The van der Waals surface area contributed by atoms with Gasteiger partial charge in [-0.05, 0) is 0 Å². The van der Waals surface area contributed by atoms with Crippen LogP contribution in [0.1, 0.15) is 0 Å². The Balaban J connectivity index is -0.0000000133. The Bertz CT molecular complexity index is 92.1. The topological polar surface area (TPSA) is 180 Å². The van der Waals surface area contributed by atoms with Gasteiger partial charge in [0.1, 0.15) is 0 Å². The molecule has 0 fully saturated rings. The summed E-state index contributed by atoms with van der Waals surface area (Å²) in [6.07, 6.45) is 0. The van der Waals surface area contributed by atoms with Crippen LogP contribution in [0.2, 0.25) is 0 Å². The molecule has 7 nitrogen and oxygen atoms in total. The first kappa shape index (κ1) is 34.9. The Kier molecular flexibility index (Phi) is 43.0. The van der Waals surface area contributed by atoms with Crippen LogP contribution in [0, 0.1) is 0 Å². The van der Waals surface area contributed by atoms with Gasteiger partial charge in [0.25, 0.3) is 0 Å². The monoisotopic (exact) mass is 211 g/mol. The van der Waals surface area contributed by atoms with Crippen molar-refractivity contribution in [2.45, 2.75) is 0 Å². The molecule has 67 valence electrons. The van der Waals surface area contributed by atoms with E-state index in [2.05, 4.69) is 14.4 Å². The van der Waals surface area contributed by atoms with Gasteiger partial charge in [0, 0.05) is 0 Å². The molecule has 0 bridgehead atoms. The van der Waals surface area contributed by atoms with E-state index in [-0.39, 0.29) is 21.9 Å². The second kappa shape index (κ2) is 11.1. The summed E-state index contributed by atoms with van der Waals surface area (Å²) in [6, 6.07) is 0. The predicted octanol–water partition coefficient (Wildman–Crippen LogP) is -3.96. The fourth-order valence-electron chi connectivity index (χ4n) is 0. The summed E-state index contributed by atoms with van der Waals surface area (Å²) in [5.41, 5.74) is 0. The van der Waals surface area contributed by atoms with Gasteiger partial charge in [0.05, 0.1) is 0 Å². The average Bonchev–Trinajstić information content (AvgIpc) is 0.722. The standard InChI is InChI=1S/Ni.HO3S.4H2O/c;1-4(2)3;;;;/h;(H,1,2,3);4*1H2. The van der Waals surface area contributed by atoms with Crippen molar-refractivity contribution in [1.82, 2.24) is 0 Å². The third-order valence-electron chi connectivity index (χ3n) is 0. The van der Waals surface area contributed by atoms with E-state index in [1.165, 1.54) is 0 Å². The van der Waals surface area contributed by atoms with Gasteiger partial charge >= 0.3 is 36.0 Å². The molecule has 0 aliphatic heterocycles. The molecule has 0 saturated carbocycles. The SMILES string of the molecule is O.O.O.O.O=[S](=O)(O)[Ni]. The molecule has 0 aliphatic carbocycles. The predicted molar refractivity (Wildman–Crippen MR) is 26.0 cm³/mol. The van der Waals surface area contributed by atoms with Crippen molar-refractivity contribution < 1.29 is 49.2 Å². The van der Waals surface area contributed by atoms with E-state index in [0.29, 0.717) is 0 Å². The van der Waals surface area contributed by atoms with Crippen LogP contribution >= 0.6 is 0 Å². The third-order valence-corrected chi connectivity index (χ3v) is 0. The molecule has 0 rings (SSSR count). The normalized spacial score (nSPS) is 6.56. The van der Waals surface area contributed by atoms with Crippen LogP contribution in [0.3, 0.4) is 0 Å². The second-order valence-corrected chi connectivity index (χ2v) is 2.67. The zero-order chi connectivity index (χ0) is 4.50. The van der Waals surface area contributed by atoms with E-state index in [1.54, 1.807) is 0 Å². The molecule has 9 N–H and O–H groups in total. The fraction of sp³-hybridized carbons (Fsp3) is 0. The van der Waals surface area contributed by atoms with Gasteiger partial charge in [-0.25, -0.2) is 0 Å². The van der Waals surface area contributed by atoms with Gasteiger partial charge in [-0.3, -0.25) is 0 Å². The minimum absolute atomic E-state index is 0. The third kappa shape index (κ3) is 5420. The van der Waals surface area contributed by atoms with Gasteiger partial charge in [0.15, 0.2) is 0 Å². The first-order valence-electron chi connectivity index (χ1n) is 0.645. The molecular weight excluding hydrogens is 203 g/mol. The molecule has 0 amide bonds. The van der Waals surface area contributed by atoms with Crippen molar-refractivity contribution in [3.8, 4) is 0 Å². The molecule has 0 atom stereocenters. The van der Waals surface area contributed by atoms with Gasteiger partial charge in [-0.1, -0.05) is 0 Å². The fourth-order valence-corrected chi connectivity index (χ4v) is 0. The molecule has 0 aromatic carbocycles. The van der Waals surface area contributed by atoms with E-state index < -0.39 is 8.64 Å². The van der Waals surface area contributed by atoms with E-state index in [0.717, 1.165) is 0 Å². The first-order valence-corrected chi connectivity index (χ1v) is 3.14. The quantitative estimate of drug-likeness (QED) is 0.318. The molecular formula is H9NiO7S. The summed E-state index contributed by atoms with van der Waals surface area (Å²) < 4.78 is 25.4. The number of hydrogen-bond donors (Lipinski definition) is 1. The van der Waals surface area contributed by atoms with Gasteiger partial charge < -0.3 is 21.9 Å². The molecule has 0 aromatic rings. The molecule has 0 radical (unpaired) electrons. The van der Waals surface area contributed by atoms with Crippen LogP contribution in [0.5, 0.6) is 0 Å². The Hall–Kier alpha value is 0.244. The summed E-state index contributed by atoms with van der Waals surface area (Å²) >= 11 is 3.09. The summed E-state index contributed by atoms with van der Waals surface area (Å²) in [5.74, 6) is 0.